The van der Waals surface area contributed by atoms with Gasteiger partial charge in [0.05, 0.1) is 24.0 Å². The number of aryl methyl sites for hydroxylation is 1. The number of carbonyl (C=O) groups excluding carboxylic acids is 1. The molecule has 8 heteroatoms. The van der Waals surface area contributed by atoms with E-state index in [4.69, 9.17) is 0 Å². The molecule has 0 atom stereocenters. The summed E-state index contributed by atoms with van der Waals surface area (Å²) in [4.78, 5) is 16.3. The maximum absolute atomic E-state index is 12.3. The predicted octanol–water partition coefficient (Wildman–Crippen LogP) is 2.90. The standard InChI is InChI=1S/C16H17F3N4O/c17-16(18,19)10-23-6-5-12(22-23)7-15(24)21-14-9-20-8-11-3-1-2-4-13(11)14/h5-6,8-9H,1-4,7,10H2,(H,21,24). The Labute approximate surface area is 136 Å². The number of halogens is 3. The third kappa shape index (κ3) is 4.12. The number of alkyl halides is 3. The maximum atomic E-state index is 12.3. The number of hydrogen-bond acceptors (Lipinski definition) is 3. The zero-order valence-electron chi connectivity index (χ0n) is 12.9. The van der Waals surface area contributed by atoms with Crippen molar-refractivity contribution >= 4 is 11.6 Å². The van der Waals surface area contributed by atoms with Crippen molar-refractivity contribution in [3.8, 4) is 0 Å². The van der Waals surface area contributed by atoms with Gasteiger partial charge >= 0.3 is 6.18 Å². The van der Waals surface area contributed by atoms with Crippen LogP contribution in [0.5, 0.6) is 0 Å². The average Bonchev–Trinajstić information content (AvgIpc) is 2.92. The van der Waals surface area contributed by atoms with E-state index in [9.17, 15) is 18.0 Å². The lowest BCUT2D eigenvalue weighted by Crippen LogP contribution is -2.19. The molecular weight excluding hydrogens is 321 g/mol. The minimum Gasteiger partial charge on any atom is -0.324 e. The van der Waals surface area contributed by atoms with Crippen LogP contribution in [0.15, 0.2) is 24.7 Å². The minimum absolute atomic E-state index is 0.0749. The smallest absolute Gasteiger partial charge is 0.324 e. The van der Waals surface area contributed by atoms with Crippen LogP contribution in [-0.2, 0) is 30.6 Å². The van der Waals surface area contributed by atoms with Crippen molar-refractivity contribution in [1.29, 1.82) is 0 Å². The first-order valence-electron chi connectivity index (χ1n) is 7.75. The third-order valence-corrected chi connectivity index (χ3v) is 3.92. The number of hydrogen-bond donors (Lipinski definition) is 1. The predicted molar refractivity (Wildman–Crippen MR) is 81.5 cm³/mol. The number of nitrogens with one attached hydrogen (secondary N) is 1. The molecule has 3 rings (SSSR count). The fourth-order valence-electron chi connectivity index (χ4n) is 2.89. The van der Waals surface area contributed by atoms with Gasteiger partial charge < -0.3 is 5.32 Å². The van der Waals surface area contributed by atoms with Crippen molar-refractivity contribution in [3.05, 3.63) is 41.5 Å². The molecule has 1 N–H and O–H groups in total. The SMILES string of the molecule is O=C(Cc1ccn(CC(F)(F)F)n1)Nc1cncc2c1CCCC2. The summed E-state index contributed by atoms with van der Waals surface area (Å²) in [5.41, 5.74) is 3.24. The van der Waals surface area contributed by atoms with Crippen LogP contribution >= 0.6 is 0 Å². The van der Waals surface area contributed by atoms with Crippen LogP contribution in [-0.4, -0.2) is 26.8 Å². The van der Waals surface area contributed by atoms with Gasteiger partial charge in [-0.25, -0.2) is 0 Å². The number of anilines is 1. The van der Waals surface area contributed by atoms with Gasteiger partial charge in [-0.05, 0) is 42.9 Å². The van der Waals surface area contributed by atoms with Gasteiger partial charge in [-0.1, -0.05) is 0 Å². The quantitative estimate of drug-likeness (QED) is 0.932. The van der Waals surface area contributed by atoms with E-state index in [0.29, 0.717) is 11.4 Å². The van der Waals surface area contributed by atoms with Gasteiger partial charge in [0, 0.05) is 12.4 Å². The molecule has 1 aliphatic carbocycles. The molecule has 0 unspecified atom stereocenters. The van der Waals surface area contributed by atoms with Crippen molar-refractivity contribution in [1.82, 2.24) is 14.8 Å². The molecule has 2 heterocycles. The normalized spacial score (nSPS) is 14.3. The van der Waals surface area contributed by atoms with Gasteiger partial charge in [-0.3, -0.25) is 14.5 Å². The zero-order valence-corrected chi connectivity index (χ0v) is 12.9. The Bertz CT molecular complexity index is 739. The lowest BCUT2D eigenvalue weighted by molar-refractivity contribution is -0.142. The van der Waals surface area contributed by atoms with Crippen LogP contribution in [0.25, 0.3) is 0 Å². The summed E-state index contributed by atoms with van der Waals surface area (Å²) in [6.07, 6.45) is 4.29. The van der Waals surface area contributed by atoms with Crippen molar-refractivity contribution in [3.63, 3.8) is 0 Å². The molecule has 0 saturated carbocycles. The Balaban J connectivity index is 1.64. The molecule has 0 aromatic carbocycles. The van der Waals surface area contributed by atoms with Crippen LogP contribution < -0.4 is 5.32 Å². The highest BCUT2D eigenvalue weighted by Gasteiger charge is 2.28. The Kier molecular flexibility index (Phi) is 4.55. The van der Waals surface area contributed by atoms with E-state index in [2.05, 4.69) is 15.4 Å². The van der Waals surface area contributed by atoms with Crippen molar-refractivity contribution in [2.75, 3.05) is 5.32 Å². The number of carbonyl (C=O) groups is 1. The summed E-state index contributed by atoms with van der Waals surface area (Å²) in [7, 11) is 0. The molecule has 0 fully saturated rings. The van der Waals surface area contributed by atoms with Crippen molar-refractivity contribution in [2.45, 2.75) is 44.8 Å². The summed E-state index contributed by atoms with van der Waals surface area (Å²) >= 11 is 0. The molecular formula is C16H17F3N4O. The maximum Gasteiger partial charge on any atom is 0.408 e. The first-order valence-corrected chi connectivity index (χ1v) is 7.75. The number of nitrogens with zero attached hydrogens (tertiary/aromatic N) is 3. The van der Waals surface area contributed by atoms with E-state index in [1.807, 2.05) is 6.20 Å². The highest BCUT2D eigenvalue weighted by molar-refractivity contribution is 5.92. The summed E-state index contributed by atoms with van der Waals surface area (Å²) in [5.74, 6) is -0.312. The van der Waals surface area contributed by atoms with E-state index >= 15 is 0 Å². The molecule has 0 bridgehead atoms. The first kappa shape index (κ1) is 16.5. The number of rotatable bonds is 4. The van der Waals surface area contributed by atoms with E-state index in [1.54, 1.807) is 6.20 Å². The molecule has 0 radical (unpaired) electrons. The summed E-state index contributed by atoms with van der Waals surface area (Å²) in [5, 5.41) is 6.59. The highest BCUT2D eigenvalue weighted by Crippen LogP contribution is 2.26. The van der Waals surface area contributed by atoms with Crippen LogP contribution in [0.1, 0.15) is 29.7 Å². The van der Waals surface area contributed by atoms with Crippen LogP contribution in [0.4, 0.5) is 18.9 Å². The van der Waals surface area contributed by atoms with E-state index in [-0.39, 0.29) is 12.3 Å². The molecule has 2 aromatic heterocycles. The molecule has 0 spiro atoms. The van der Waals surface area contributed by atoms with Crippen molar-refractivity contribution in [2.24, 2.45) is 0 Å². The molecule has 2 aromatic rings. The summed E-state index contributed by atoms with van der Waals surface area (Å²) < 4.78 is 37.7. The molecule has 1 aliphatic rings. The van der Waals surface area contributed by atoms with Crippen LogP contribution in [0.3, 0.4) is 0 Å². The Morgan fingerprint density at radius 3 is 2.83 bits per heavy atom. The van der Waals surface area contributed by atoms with Gasteiger partial charge in [-0.2, -0.15) is 18.3 Å². The second-order valence-corrected chi connectivity index (χ2v) is 5.88. The van der Waals surface area contributed by atoms with Gasteiger partial charge in [0.2, 0.25) is 5.91 Å². The largest absolute Gasteiger partial charge is 0.408 e. The van der Waals surface area contributed by atoms with E-state index < -0.39 is 12.7 Å². The number of aromatic nitrogens is 3. The number of fused-ring (bicyclic) bond motifs is 1. The lowest BCUT2D eigenvalue weighted by Gasteiger charge is -2.18. The summed E-state index contributed by atoms with van der Waals surface area (Å²) in [6, 6.07) is 1.42. The summed E-state index contributed by atoms with van der Waals surface area (Å²) in [6.45, 7) is -1.16. The Morgan fingerprint density at radius 2 is 2.04 bits per heavy atom. The molecule has 0 saturated heterocycles. The van der Waals surface area contributed by atoms with E-state index in [1.165, 1.54) is 12.3 Å². The third-order valence-electron chi connectivity index (χ3n) is 3.92. The molecule has 24 heavy (non-hydrogen) atoms. The first-order chi connectivity index (χ1) is 11.4. The molecule has 0 aliphatic heterocycles. The highest BCUT2D eigenvalue weighted by atomic mass is 19.4. The lowest BCUT2D eigenvalue weighted by atomic mass is 9.92. The van der Waals surface area contributed by atoms with Crippen molar-refractivity contribution < 1.29 is 18.0 Å². The van der Waals surface area contributed by atoms with Crippen LogP contribution in [0, 0.1) is 0 Å². The van der Waals surface area contributed by atoms with Gasteiger partial charge in [-0.15, -0.1) is 0 Å². The van der Waals surface area contributed by atoms with Gasteiger partial charge in [0.15, 0.2) is 0 Å². The number of pyridine rings is 1. The Hall–Kier alpha value is -2.38. The fourth-order valence-corrected chi connectivity index (χ4v) is 2.89. The van der Waals surface area contributed by atoms with Crippen LogP contribution in [0.2, 0.25) is 0 Å². The van der Waals surface area contributed by atoms with Gasteiger partial charge in [0.1, 0.15) is 6.54 Å². The molecule has 128 valence electrons. The van der Waals surface area contributed by atoms with E-state index in [0.717, 1.165) is 41.5 Å². The number of amides is 1. The topological polar surface area (TPSA) is 59.8 Å². The minimum atomic E-state index is -4.33. The Morgan fingerprint density at radius 1 is 1.25 bits per heavy atom. The fraction of sp³-hybridized carbons (Fsp3) is 0.438. The monoisotopic (exact) mass is 338 g/mol. The van der Waals surface area contributed by atoms with Gasteiger partial charge in [0.25, 0.3) is 0 Å². The second-order valence-electron chi connectivity index (χ2n) is 5.88. The second kappa shape index (κ2) is 6.62. The average molecular weight is 338 g/mol. The molecule has 1 amide bonds. The zero-order chi connectivity index (χ0) is 17.2. The molecule has 5 nitrogen and oxygen atoms in total.